The Bertz CT molecular complexity index is 445. The normalized spacial score (nSPS) is 12.5. The number of alkyl halides is 3. The van der Waals surface area contributed by atoms with Crippen LogP contribution in [0.25, 0.3) is 0 Å². The van der Waals surface area contributed by atoms with Gasteiger partial charge in [0.25, 0.3) is 0 Å². The van der Waals surface area contributed by atoms with E-state index in [1.165, 1.54) is 12.1 Å². The molecule has 0 aliphatic rings. The van der Waals surface area contributed by atoms with Crippen molar-refractivity contribution in [3.63, 3.8) is 0 Å². The molecule has 1 aromatic rings. The molecule has 0 saturated carbocycles. The first-order chi connectivity index (χ1) is 9.30. The van der Waals surface area contributed by atoms with Crippen molar-refractivity contribution in [2.45, 2.75) is 45.4 Å². The first-order valence-electron chi connectivity index (χ1n) is 6.66. The van der Waals surface area contributed by atoms with Gasteiger partial charge in [-0.2, -0.15) is 13.2 Å². The number of carbonyl (C=O) groups excluding carboxylic acids is 1. The number of ether oxygens (including phenoxy) is 1. The van der Waals surface area contributed by atoms with Crippen molar-refractivity contribution < 1.29 is 22.7 Å². The summed E-state index contributed by atoms with van der Waals surface area (Å²) >= 11 is 0. The molecule has 1 rings (SSSR count). The maximum absolute atomic E-state index is 12.5. The second kappa shape index (κ2) is 6.39. The van der Waals surface area contributed by atoms with Crippen LogP contribution in [0.3, 0.4) is 0 Å². The number of Topliss-reactive ketones (excluding diaryl/α,β-unsaturated/α-hetero) is 1. The highest BCUT2D eigenvalue weighted by Crippen LogP contribution is 2.31. The fourth-order valence-electron chi connectivity index (χ4n) is 2.19. The summed E-state index contributed by atoms with van der Waals surface area (Å²) in [5, 5.41) is 0. The summed E-state index contributed by atoms with van der Waals surface area (Å²) < 4.78 is 43.1. The lowest BCUT2D eigenvalue weighted by atomic mass is 9.87. The Morgan fingerprint density at radius 1 is 1.05 bits per heavy atom. The molecule has 2 nitrogen and oxygen atoms in total. The number of carbonyl (C=O) groups is 1. The van der Waals surface area contributed by atoms with Gasteiger partial charge in [0, 0.05) is 12.2 Å². The van der Waals surface area contributed by atoms with E-state index in [-0.39, 0.29) is 11.3 Å². The average Bonchev–Trinajstić information content (AvgIpc) is 2.43. The van der Waals surface area contributed by atoms with E-state index in [0.29, 0.717) is 19.4 Å². The van der Waals surface area contributed by atoms with E-state index in [1.54, 1.807) is 6.92 Å². The summed E-state index contributed by atoms with van der Waals surface area (Å²) in [6.07, 6.45) is -3.43. The van der Waals surface area contributed by atoms with Crippen molar-refractivity contribution in [3.8, 4) is 0 Å². The fraction of sp³-hybridized carbons (Fsp3) is 0.533. The standard InChI is InChI=1S/C15H19F3O2/c1-4-14(5-2,20-6-3)13(19)11-7-9-12(10-8-11)15(16,17)18/h7-10H,4-6H2,1-3H3. The summed E-state index contributed by atoms with van der Waals surface area (Å²) in [7, 11) is 0. The molecule has 0 radical (unpaired) electrons. The van der Waals surface area contributed by atoms with Gasteiger partial charge in [-0.15, -0.1) is 0 Å². The molecule has 5 heteroatoms. The third kappa shape index (κ3) is 3.39. The lowest BCUT2D eigenvalue weighted by Gasteiger charge is -2.30. The second-order valence-corrected chi connectivity index (χ2v) is 4.54. The van der Waals surface area contributed by atoms with Crippen LogP contribution in [-0.2, 0) is 10.9 Å². The number of hydrogen-bond donors (Lipinski definition) is 0. The molecule has 0 aromatic heterocycles. The summed E-state index contributed by atoms with van der Waals surface area (Å²) in [6, 6.07) is 4.28. The first-order valence-corrected chi connectivity index (χ1v) is 6.66. The van der Waals surface area contributed by atoms with Crippen molar-refractivity contribution in [2.75, 3.05) is 6.61 Å². The summed E-state index contributed by atoms with van der Waals surface area (Å²) in [4.78, 5) is 12.5. The molecule has 0 amide bonds. The molecular weight excluding hydrogens is 269 g/mol. The molecule has 0 aliphatic carbocycles. The van der Waals surface area contributed by atoms with Crippen LogP contribution in [0.5, 0.6) is 0 Å². The van der Waals surface area contributed by atoms with Crippen LogP contribution in [0.1, 0.15) is 49.5 Å². The minimum absolute atomic E-state index is 0.246. The smallest absolute Gasteiger partial charge is 0.367 e. The van der Waals surface area contributed by atoms with Gasteiger partial charge in [0.05, 0.1) is 5.56 Å². The highest BCUT2D eigenvalue weighted by Gasteiger charge is 2.37. The lowest BCUT2D eigenvalue weighted by molar-refractivity contribution is -0.137. The monoisotopic (exact) mass is 288 g/mol. The average molecular weight is 288 g/mol. The molecular formula is C15H19F3O2. The molecule has 0 aliphatic heterocycles. The zero-order valence-electron chi connectivity index (χ0n) is 11.9. The molecule has 0 unspecified atom stereocenters. The molecule has 0 fully saturated rings. The summed E-state index contributed by atoms with van der Waals surface area (Å²) in [6.45, 7) is 5.84. The molecule has 0 saturated heterocycles. The SMILES string of the molecule is CCOC(CC)(CC)C(=O)c1ccc(C(F)(F)F)cc1. The van der Waals surface area contributed by atoms with Crippen LogP contribution < -0.4 is 0 Å². The van der Waals surface area contributed by atoms with Crippen LogP contribution >= 0.6 is 0 Å². The van der Waals surface area contributed by atoms with Gasteiger partial charge in [-0.05, 0) is 31.9 Å². The molecule has 0 bridgehead atoms. The van der Waals surface area contributed by atoms with E-state index in [0.717, 1.165) is 12.1 Å². The van der Waals surface area contributed by atoms with Crippen molar-refractivity contribution >= 4 is 5.78 Å². The predicted molar refractivity (Wildman–Crippen MR) is 70.7 cm³/mol. The zero-order valence-corrected chi connectivity index (χ0v) is 11.9. The third-order valence-electron chi connectivity index (χ3n) is 3.45. The molecule has 112 valence electrons. The minimum Gasteiger partial charge on any atom is -0.367 e. The Kier molecular flexibility index (Phi) is 5.34. The zero-order chi connectivity index (χ0) is 15.4. The molecule has 1 aromatic carbocycles. The molecule has 0 N–H and O–H groups in total. The Morgan fingerprint density at radius 2 is 1.55 bits per heavy atom. The summed E-state index contributed by atoms with van der Waals surface area (Å²) in [5.74, 6) is -0.266. The largest absolute Gasteiger partial charge is 0.416 e. The molecule has 0 heterocycles. The van der Waals surface area contributed by atoms with Crippen molar-refractivity contribution in [3.05, 3.63) is 35.4 Å². The Labute approximate surface area is 116 Å². The van der Waals surface area contributed by atoms with E-state index < -0.39 is 17.3 Å². The van der Waals surface area contributed by atoms with E-state index in [4.69, 9.17) is 4.74 Å². The van der Waals surface area contributed by atoms with E-state index in [1.807, 2.05) is 13.8 Å². The lowest BCUT2D eigenvalue weighted by Crippen LogP contribution is -2.40. The molecule has 20 heavy (non-hydrogen) atoms. The van der Waals surface area contributed by atoms with Gasteiger partial charge < -0.3 is 4.74 Å². The van der Waals surface area contributed by atoms with Gasteiger partial charge in [0.2, 0.25) is 0 Å². The fourth-order valence-corrected chi connectivity index (χ4v) is 2.19. The van der Waals surface area contributed by atoms with Crippen LogP contribution in [0.15, 0.2) is 24.3 Å². The van der Waals surface area contributed by atoms with Gasteiger partial charge in [-0.25, -0.2) is 0 Å². The highest BCUT2D eigenvalue weighted by atomic mass is 19.4. The van der Waals surface area contributed by atoms with E-state index in [9.17, 15) is 18.0 Å². The van der Waals surface area contributed by atoms with Crippen LogP contribution in [0, 0.1) is 0 Å². The van der Waals surface area contributed by atoms with Crippen molar-refractivity contribution in [1.82, 2.24) is 0 Å². The van der Waals surface area contributed by atoms with E-state index >= 15 is 0 Å². The van der Waals surface area contributed by atoms with E-state index in [2.05, 4.69) is 0 Å². The second-order valence-electron chi connectivity index (χ2n) is 4.54. The van der Waals surface area contributed by atoms with Crippen molar-refractivity contribution in [2.24, 2.45) is 0 Å². The highest BCUT2D eigenvalue weighted by molar-refractivity contribution is 6.02. The van der Waals surface area contributed by atoms with Gasteiger partial charge in [0.15, 0.2) is 5.78 Å². The van der Waals surface area contributed by atoms with Gasteiger partial charge in [-0.1, -0.05) is 26.0 Å². The van der Waals surface area contributed by atoms with Crippen LogP contribution in [-0.4, -0.2) is 18.0 Å². The molecule has 0 atom stereocenters. The Balaban J connectivity index is 3.07. The van der Waals surface area contributed by atoms with Crippen LogP contribution in [0.2, 0.25) is 0 Å². The number of hydrogen-bond acceptors (Lipinski definition) is 2. The van der Waals surface area contributed by atoms with Gasteiger partial charge in [-0.3, -0.25) is 4.79 Å². The minimum atomic E-state index is -4.39. The number of benzene rings is 1. The van der Waals surface area contributed by atoms with Gasteiger partial charge in [0.1, 0.15) is 5.60 Å². The van der Waals surface area contributed by atoms with Crippen LogP contribution in [0.4, 0.5) is 13.2 Å². The van der Waals surface area contributed by atoms with Crippen molar-refractivity contribution in [1.29, 1.82) is 0 Å². The summed E-state index contributed by atoms with van der Waals surface area (Å²) in [5.41, 5.74) is -1.46. The Morgan fingerprint density at radius 3 is 1.90 bits per heavy atom. The third-order valence-corrected chi connectivity index (χ3v) is 3.45. The predicted octanol–water partition coefficient (Wildman–Crippen LogP) is 4.48. The number of halogens is 3. The molecule has 0 spiro atoms. The topological polar surface area (TPSA) is 26.3 Å². The number of ketones is 1. The Hall–Kier alpha value is -1.36. The quantitative estimate of drug-likeness (QED) is 0.721. The maximum atomic E-state index is 12.5. The number of rotatable bonds is 6. The maximum Gasteiger partial charge on any atom is 0.416 e. The first kappa shape index (κ1) is 16.7. The van der Waals surface area contributed by atoms with Gasteiger partial charge >= 0.3 is 6.18 Å².